The average Bonchev–Trinajstić information content (AvgIpc) is 2.17. The maximum absolute atomic E-state index is 12.2. The summed E-state index contributed by atoms with van der Waals surface area (Å²) in [6.07, 6.45) is -0.413. The summed E-state index contributed by atoms with van der Waals surface area (Å²) in [5.41, 5.74) is 0. The molecule has 1 unspecified atom stereocenters. The van der Waals surface area contributed by atoms with Gasteiger partial charge in [-0.2, -0.15) is 13.2 Å². The minimum Gasteiger partial charge on any atom is -0.317 e. The highest BCUT2D eigenvalue weighted by molar-refractivity contribution is 4.76. The molecule has 0 fully saturated rings. The molecule has 0 spiro atoms. The maximum Gasteiger partial charge on any atom is 0.389 e. The topological polar surface area (TPSA) is 12.0 Å². The van der Waals surface area contributed by atoms with Crippen molar-refractivity contribution in [3.63, 3.8) is 0 Å². The minimum absolute atomic E-state index is 0.00141. The monoisotopic (exact) mass is 239 g/mol. The molecule has 0 radical (unpaired) electrons. The maximum atomic E-state index is 12.2. The summed E-state index contributed by atoms with van der Waals surface area (Å²) in [4.78, 5) is 0. The van der Waals surface area contributed by atoms with E-state index in [-0.39, 0.29) is 12.5 Å². The van der Waals surface area contributed by atoms with Crippen LogP contribution >= 0.6 is 0 Å². The number of hydrogen-bond donors (Lipinski definition) is 1. The molecule has 0 bridgehead atoms. The van der Waals surface area contributed by atoms with Gasteiger partial charge in [0.15, 0.2) is 0 Å². The van der Waals surface area contributed by atoms with E-state index in [0.29, 0.717) is 5.92 Å². The highest BCUT2D eigenvalue weighted by Crippen LogP contribution is 2.27. The largest absolute Gasteiger partial charge is 0.389 e. The van der Waals surface area contributed by atoms with Crippen molar-refractivity contribution < 1.29 is 13.2 Å². The minimum atomic E-state index is -4.03. The lowest BCUT2D eigenvalue weighted by Crippen LogP contribution is -2.34. The molecule has 0 aromatic rings. The lowest BCUT2D eigenvalue weighted by molar-refractivity contribution is -0.137. The Morgan fingerprint density at radius 1 is 1.00 bits per heavy atom. The number of nitrogens with one attached hydrogen (secondary N) is 1. The van der Waals surface area contributed by atoms with Gasteiger partial charge in [0.1, 0.15) is 0 Å². The molecule has 1 atom stereocenters. The van der Waals surface area contributed by atoms with Crippen LogP contribution < -0.4 is 5.32 Å². The molecule has 0 aromatic carbocycles. The van der Waals surface area contributed by atoms with Crippen LogP contribution in [0.5, 0.6) is 0 Å². The van der Waals surface area contributed by atoms with Gasteiger partial charge >= 0.3 is 6.18 Å². The molecule has 1 N–H and O–H groups in total. The lowest BCUT2D eigenvalue weighted by atomic mass is 9.88. The van der Waals surface area contributed by atoms with Gasteiger partial charge < -0.3 is 5.32 Å². The molecular weight excluding hydrogens is 215 g/mol. The number of rotatable bonds is 8. The van der Waals surface area contributed by atoms with E-state index < -0.39 is 12.6 Å². The number of hydrogen-bond acceptors (Lipinski definition) is 1. The summed E-state index contributed by atoms with van der Waals surface area (Å²) in [6.45, 7) is 4.16. The Labute approximate surface area is 96.8 Å². The van der Waals surface area contributed by atoms with Crippen LogP contribution in [0.4, 0.5) is 13.2 Å². The zero-order valence-corrected chi connectivity index (χ0v) is 10.5. The van der Waals surface area contributed by atoms with Gasteiger partial charge in [0.2, 0.25) is 0 Å². The van der Waals surface area contributed by atoms with Gasteiger partial charge in [-0.1, -0.05) is 26.7 Å². The molecule has 16 heavy (non-hydrogen) atoms. The molecule has 98 valence electrons. The summed E-state index contributed by atoms with van der Waals surface area (Å²) >= 11 is 0. The van der Waals surface area contributed by atoms with E-state index in [4.69, 9.17) is 0 Å². The molecule has 0 heterocycles. The van der Waals surface area contributed by atoms with Crippen molar-refractivity contribution in [2.45, 2.75) is 64.6 Å². The summed E-state index contributed by atoms with van der Waals surface area (Å²) in [6, 6.07) is 0.00141. The summed E-state index contributed by atoms with van der Waals surface area (Å²) in [5, 5.41) is 3.04. The Morgan fingerprint density at radius 3 is 1.81 bits per heavy atom. The molecule has 4 heteroatoms. The quantitative estimate of drug-likeness (QED) is 0.671. The lowest BCUT2D eigenvalue weighted by Gasteiger charge is -2.27. The van der Waals surface area contributed by atoms with Crippen LogP contribution in [-0.4, -0.2) is 19.3 Å². The van der Waals surface area contributed by atoms with Gasteiger partial charge in [-0.15, -0.1) is 0 Å². The van der Waals surface area contributed by atoms with Gasteiger partial charge in [-0.3, -0.25) is 0 Å². The second kappa shape index (κ2) is 7.93. The molecule has 1 nitrogen and oxygen atoms in total. The SMILES string of the molecule is CCCC(CCC)C(CCC(F)(F)F)NC. The highest BCUT2D eigenvalue weighted by Gasteiger charge is 2.29. The van der Waals surface area contributed by atoms with Gasteiger partial charge in [-0.05, 0) is 32.2 Å². The standard InChI is InChI=1S/C12H24F3N/c1-4-6-10(7-5-2)11(16-3)8-9-12(13,14)15/h10-11,16H,4-9H2,1-3H3. The first-order chi connectivity index (χ1) is 7.44. The molecule has 0 saturated heterocycles. The van der Waals surface area contributed by atoms with Crippen molar-refractivity contribution in [2.24, 2.45) is 5.92 Å². The van der Waals surface area contributed by atoms with Crippen LogP contribution in [-0.2, 0) is 0 Å². The Morgan fingerprint density at radius 2 is 1.50 bits per heavy atom. The normalized spacial score (nSPS) is 14.4. The van der Waals surface area contributed by atoms with Crippen LogP contribution in [0.3, 0.4) is 0 Å². The summed E-state index contributed by atoms with van der Waals surface area (Å²) in [7, 11) is 1.76. The molecule has 0 aliphatic carbocycles. The van der Waals surface area contributed by atoms with Crippen molar-refractivity contribution in [1.82, 2.24) is 5.32 Å². The zero-order valence-electron chi connectivity index (χ0n) is 10.5. The molecule has 0 saturated carbocycles. The average molecular weight is 239 g/mol. The number of alkyl halides is 3. The predicted octanol–water partition coefficient (Wildman–Crippen LogP) is 4.13. The van der Waals surface area contributed by atoms with Gasteiger partial charge in [0.25, 0.3) is 0 Å². The predicted molar refractivity (Wildman–Crippen MR) is 61.4 cm³/mol. The van der Waals surface area contributed by atoms with Crippen LogP contribution in [0, 0.1) is 5.92 Å². The van der Waals surface area contributed by atoms with E-state index in [1.54, 1.807) is 7.05 Å². The first-order valence-corrected chi connectivity index (χ1v) is 6.18. The van der Waals surface area contributed by atoms with Crippen LogP contribution in [0.25, 0.3) is 0 Å². The highest BCUT2D eigenvalue weighted by atomic mass is 19.4. The first-order valence-electron chi connectivity index (χ1n) is 6.18. The zero-order chi connectivity index (χ0) is 12.6. The fraction of sp³-hybridized carbons (Fsp3) is 1.00. The second-order valence-corrected chi connectivity index (χ2v) is 4.39. The third-order valence-corrected chi connectivity index (χ3v) is 3.00. The smallest absolute Gasteiger partial charge is 0.317 e. The van der Waals surface area contributed by atoms with E-state index in [1.165, 1.54) is 0 Å². The van der Waals surface area contributed by atoms with Gasteiger partial charge in [-0.25, -0.2) is 0 Å². The summed E-state index contributed by atoms with van der Waals surface area (Å²) < 4.78 is 36.5. The Bertz CT molecular complexity index is 162. The van der Waals surface area contributed by atoms with E-state index >= 15 is 0 Å². The van der Waals surface area contributed by atoms with Crippen molar-refractivity contribution in [3.8, 4) is 0 Å². The summed E-state index contributed by atoms with van der Waals surface area (Å²) in [5.74, 6) is 0.377. The fourth-order valence-electron chi connectivity index (χ4n) is 2.22. The van der Waals surface area contributed by atoms with E-state index in [0.717, 1.165) is 25.7 Å². The molecule has 0 rings (SSSR count). The van der Waals surface area contributed by atoms with Crippen LogP contribution in [0.1, 0.15) is 52.4 Å². The molecule has 0 amide bonds. The van der Waals surface area contributed by atoms with E-state index in [2.05, 4.69) is 19.2 Å². The van der Waals surface area contributed by atoms with Crippen LogP contribution in [0.2, 0.25) is 0 Å². The van der Waals surface area contributed by atoms with Crippen molar-refractivity contribution >= 4 is 0 Å². The van der Waals surface area contributed by atoms with E-state index in [9.17, 15) is 13.2 Å². The second-order valence-electron chi connectivity index (χ2n) is 4.39. The molecule has 0 aromatic heterocycles. The molecular formula is C12H24F3N. The Hall–Kier alpha value is -0.250. The Balaban J connectivity index is 4.19. The van der Waals surface area contributed by atoms with E-state index in [1.807, 2.05) is 0 Å². The fourth-order valence-corrected chi connectivity index (χ4v) is 2.22. The Kier molecular flexibility index (Phi) is 7.81. The van der Waals surface area contributed by atoms with Crippen molar-refractivity contribution in [1.29, 1.82) is 0 Å². The third kappa shape index (κ3) is 7.09. The van der Waals surface area contributed by atoms with Gasteiger partial charge in [0, 0.05) is 12.5 Å². The van der Waals surface area contributed by atoms with Gasteiger partial charge in [0.05, 0.1) is 0 Å². The third-order valence-electron chi connectivity index (χ3n) is 3.00. The molecule has 0 aliphatic heterocycles. The van der Waals surface area contributed by atoms with Crippen LogP contribution in [0.15, 0.2) is 0 Å². The number of halogens is 3. The first kappa shape index (κ1) is 15.8. The molecule has 0 aliphatic rings. The van der Waals surface area contributed by atoms with Crippen molar-refractivity contribution in [3.05, 3.63) is 0 Å². The van der Waals surface area contributed by atoms with Crippen molar-refractivity contribution in [2.75, 3.05) is 7.05 Å².